The lowest BCUT2D eigenvalue weighted by Gasteiger charge is -2.26. The average molecular weight is 420 g/mol. The summed E-state index contributed by atoms with van der Waals surface area (Å²) in [7, 11) is 0.727. The summed E-state index contributed by atoms with van der Waals surface area (Å²) >= 11 is 6.00. The summed E-state index contributed by atoms with van der Waals surface area (Å²) in [6, 6.07) is 17.0. The van der Waals surface area contributed by atoms with E-state index in [9.17, 15) is 8.42 Å². The fourth-order valence-corrected chi connectivity index (χ4v) is 3.58. The maximum absolute atomic E-state index is 12.3. The molecule has 1 aliphatic rings. The Morgan fingerprint density at radius 1 is 1.18 bits per heavy atom. The molecule has 0 aliphatic carbocycles. The molecule has 0 unspecified atom stereocenters. The number of nitrogens with one attached hydrogen (secondary N) is 1. The van der Waals surface area contributed by atoms with Crippen molar-refractivity contribution in [2.24, 2.45) is 10.1 Å². The van der Waals surface area contributed by atoms with Gasteiger partial charge in [-0.15, -0.1) is 0 Å². The van der Waals surface area contributed by atoms with Crippen LogP contribution in [-0.2, 0) is 10.2 Å². The van der Waals surface area contributed by atoms with Gasteiger partial charge in [-0.1, -0.05) is 54.1 Å². The van der Waals surface area contributed by atoms with Gasteiger partial charge >= 0.3 is 10.2 Å². The van der Waals surface area contributed by atoms with Crippen molar-refractivity contribution in [1.29, 1.82) is 0 Å². The normalized spacial score (nSPS) is 17.8. The highest BCUT2D eigenvalue weighted by molar-refractivity contribution is 7.87. The molecule has 28 heavy (non-hydrogen) atoms. The lowest BCUT2D eigenvalue weighted by molar-refractivity contribution is 0.360. The molecule has 148 valence electrons. The van der Waals surface area contributed by atoms with Crippen LogP contribution in [0.15, 0.2) is 64.7 Å². The Labute approximate surface area is 170 Å². The predicted molar refractivity (Wildman–Crippen MR) is 113 cm³/mol. The zero-order chi connectivity index (χ0) is 20.3. The number of halogens is 1. The van der Waals surface area contributed by atoms with E-state index in [-0.39, 0.29) is 12.0 Å². The molecule has 3 rings (SSSR count). The smallest absolute Gasteiger partial charge is 0.254 e. The van der Waals surface area contributed by atoms with Crippen LogP contribution in [0.4, 0.5) is 0 Å². The fourth-order valence-electron chi connectivity index (χ4n) is 2.86. The quantitative estimate of drug-likeness (QED) is 0.611. The van der Waals surface area contributed by atoms with Crippen LogP contribution in [0.3, 0.4) is 0 Å². The minimum atomic E-state index is -3.72. The molecule has 1 heterocycles. The van der Waals surface area contributed by atoms with Crippen molar-refractivity contribution < 1.29 is 8.42 Å². The van der Waals surface area contributed by atoms with E-state index >= 15 is 0 Å². The molecule has 0 fully saturated rings. The SMILES string of the molecule is CN=C(NS(=O)(=O)N(C)C)N1N=C(c2ccc(Cl)cc2)C[C@@H]1c1ccccc1. The zero-order valence-electron chi connectivity index (χ0n) is 15.9. The van der Waals surface area contributed by atoms with E-state index in [1.165, 1.54) is 21.1 Å². The van der Waals surface area contributed by atoms with Crippen LogP contribution in [0.1, 0.15) is 23.6 Å². The Balaban J connectivity index is 2.00. The molecule has 7 nitrogen and oxygen atoms in total. The van der Waals surface area contributed by atoms with Crippen molar-refractivity contribution in [3.05, 3.63) is 70.7 Å². The molecule has 1 atom stereocenters. The third-order valence-corrected chi connectivity index (χ3v) is 6.06. The standard InChI is InChI=1S/C19H22ClN5O2S/c1-21-19(23-28(26,27)24(2)3)25-18(15-7-5-4-6-8-15)13-17(22-25)14-9-11-16(20)12-10-14/h4-12,18H,13H2,1-3H3,(H,21,23)/t18-/m1/s1. The van der Waals surface area contributed by atoms with E-state index in [4.69, 9.17) is 16.7 Å². The van der Waals surface area contributed by atoms with Crippen molar-refractivity contribution in [1.82, 2.24) is 14.0 Å². The maximum atomic E-state index is 12.3. The van der Waals surface area contributed by atoms with E-state index < -0.39 is 10.2 Å². The molecular weight excluding hydrogens is 398 g/mol. The summed E-state index contributed by atoms with van der Waals surface area (Å²) in [5.74, 6) is 0.159. The summed E-state index contributed by atoms with van der Waals surface area (Å²) in [6.45, 7) is 0. The van der Waals surface area contributed by atoms with Crippen LogP contribution in [0.25, 0.3) is 0 Å². The van der Waals surface area contributed by atoms with Gasteiger partial charge in [0.15, 0.2) is 0 Å². The highest BCUT2D eigenvalue weighted by Gasteiger charge is 2.33. The van der Waals surface area contributed by atoms with Crippen LogP contribution in [-0.4, -0.2) is 50.5 Å². The topological polar surface area (TPSA) is 77.4 Å². The number of hydrogen-bond acceptors (Lipinski definition) is 4. The van der Waals surface area contributed by atoms with Gasteiger partial charge in [0, 0.05) is 32.6 Å². The van der Waals surface area contributed by atoms with Crippen LogP contribution in [0.2, 0.25) is 5.02 Å². The molecule has 0 saturated heterocycles. The van der Waals surface area contributed by atoms with Crippen LogP contribution in [0.5, 0.6) is 0 Å². The summed E-state index contributed by atoms with van der Waals surface area (Å²) in [4.78, 5) is 4.15. The van der Waals surface area contributed by atoms with Crippen LogP contribution >= 0.6 is 11.6 Å². The largest absolute Gasteiger partial charge is 0.303 e. The lowest BCUT2D eigenvalue weighted by atomic mass is 9.99. The minimum Gasteiger partial charge on any atom is -0.254 e. The van der Waals surface area contributed by atoms with Crippen molar-refractivity contribution in [3.63, 3.8) is 0 Å². The van der Waals surface area contributed by atoms with Crippen LogP contribution < -0.4 is 4.72 Å². The van der Waals surface area contributed by atoms with Gasteiger partial charge < -0.3 is 0 Å². The van der Waals surface area contributed by atoms with Gasteiger partial charge in [-0.3, -0.25) is 4.99 Å². The van der Waals surface area contributed by atoms with Gasteiger partial charge in [0.25, 0.3) is 0 Å². The number of nitrogens with zero attached hydrogens (tertiary/aromatic N) is 4. The summed E-state index contributed by atoms with van der Waals surface area (Å²) in [5, 5.41) is 6.96. The maximum Gasteiger partial charge on any atom is 0.303 e. The third kappa shape index (κ3) is 4.35. The molecule has 0 saturated carbocycles. The number of rotatable bonds is 4. The first kappa shape index (κ1) is 20.3. The second-order valence-electron chi connectivity index (χ2n) is 6.47. The predicted octanol–water partition coefficient (Wildman–Crippen LogP) is 2.87. The minimum absolute atomic E-state index is 0.159. The lowest BCUT2D eigenvalue weighted by Crippen LogP contribution is -2.46. The second kappa shape index (κ2) is 8.30. The third-order valence-electron chi connectivity index (χ3n) is 4.40. The molecule has 1 N–H and O–H groups in total. The molecule has 0 spiro atoms. The summed E-state index contributed by atoms with van der Waals surface area (Å²) < 4.78 is 28.3. The van der Waals surface area contributed by atoms with Crippen LogP contribution in [0, 0.1) is 0 Å². The first-order valence-corrected chi connectivity index (χ1v) is 10.5. The van der Waals surface area contributed by atoms with Crippen molar-refractivity contribution in [3.8, 4) is 0 Å². The van der Waals surface area contributed by atoms with Gasteiger partial charge in [-0.05, 0) is 23.3 Å². The van der Waals surface area contributed by atoms with Crippen molar-refractivity contribution in [2.45, 2.75) is 12.5 Å². The summed E-state index contributed by atoms with van der Waals surface area (Å²) in [5.41, 5.74) is 2.77. The Morgan fingerprint density at radius 2 is 1.82 bits per heavy atom. The van der Waals surface area contributed by atoms with Gasteiger partial charge in [-0.25, -0.2) is 9.73 Å². The molecule has 0 bridgehead atoms. The Morgan fingerprint density at radius 3 is 2.39 bits per heavy atom. The molecule has 2 aromatic rings. The average Bonchev–Trinajstić information content (AvgIpc) is 3.12. The summed E-state index contributed by atoms with van der Waals surface area (Å²) in [6.07, 6.45) is 0.606. The Hall–Kier alpha value is -2.42. The molecule has 9 heteroatoms. The van der Waals surface area contributed by atoms with Gasteiger partial charge in [0.2, 0.25) is 5.96 Å². The number of aliphatic imine (C=N–C) groups is 1. The van der Waals surface area contributed by atoms with Crippen molar-refractivity contribution in [2.75, 3.05) is 21.1 Å². The monoisotopic (exact) mass is 419 g/mol. The first-order chi connectivity index (χ1) is 13.3. The molecule has 1 aliphatic heterocycles. The Kier molecular flexibility index (Phi) is 6.02. The molecule has 0 aromatic heterocycles. The van der Waals surface area contributed by atoms with Gasteiger partial charge in [0.1, 0.15) is 0 Å². The molecular formula is C19H22ClN5O2S. The number of hydrazone groups is 1. The van der Waals surface area contributed by atoms with E-state index in [1.807, 2.05) is 54.6 Å². The highest BCUT2D eigenvalue weighted by atomic mass is 35.5. The highest BCUT2D eigenvalue weighted by Crippen LogP contribution is 2.33. The number of benzene rings is 2. The van der Waals surface area contributed by atoms with Gasteiger partial charge in [-0.2, -0.15) is 17.8 Å². The number of guanidine groups is 1. The van der Waals surface area contributed by atoms with E-state index in [0.717, 1.165) is 21.1 Å². The van der Waals surface area contributed by atoms with E-state index in [1.54, 1.807) is 5.01 Å². The first-order valence-electron chi connectivity index (χ1n) is 8.66. The fraction of sp³-hybridized carbons (Fsp3) is 0.263. The zero-order valence-corrected chi connectivity index (χ0v) is 17.4. The molecule has 2 aromatic carbocycles. The molecule has 0 radical (unpaired) electrons. The van der Waals surface area contributed by atoms with E-state index in [2.05, 4.69) is 9.71 Å². The number of hydrogen-bond donors (Lipinski definition) is 1. The van der Waals surface area contributed by atoms with E-state index in [0.29, 0.717) is 11.4 Å². The Bertz CT molecular complexity index is 989. The van der Waals surface area contributed by atoms with Crippen molar-refractivity contribution >= 4 is 33.5 Å². The second-order valence-corrected chi connectivity index (χ2v) is 8.79. The molecule has 0 amide bonds. The van der Waals surface area contributed by atoms with Gasteiger partial charge in [0.05, 0.1) is 11.8 Å².